The van der Waals surface area contributed by atoms with Crippen molar-refractivity contribution in [2.45, 2.75) is 24.7 Å². The van der Waals surface area contributed by atoms with Crippen LogP contribution in [0.2, 0.25) is 12.6 Å². The maximum atomic E-state index is 10.2. The Labute approximate surface area is 246 Å². The molecule has 0 aliphatic rings. The first kappa shape index (κ1) is 30.6. The van der Waals surface area contributed by atoms with Gasteiger partial charge < -0.3 is 24.7 Å². The van der Waals surface area contributed by atoms with E-state index in [4.69, 9.17) is 4.74 Å². The van der Waals surface area contributed by atoms with E-state index >= 15 is 0 Å². The molecule has 0 aromatic heterocycles. The van der Waals surface area contributed by atoms with Crippen molar-refractivity contribution in [3.8, 4) is 11.5 Å². The highest BCUT2D eigenvalue weighted by Gasteiger charge is 2.25. The van der Waals surface area contributed by atoms with Gasteiger partial charge in [0.15, 0.2) is 0 Å². The summed E-state index contributed by atoms with van der Waals surface area (Å²) in [4.78, 5) is 4.42. The molecule has 5 nitrogen and oxygen atoms in total. The Kier molecular flexibility index (Phi) is 11.2. The monoisotopic (exact) mass is 548 g/mol. The number of aliphatic hydroxyl groups is 2. The Morgan fingerprint density at radius 1 is 0.537 bits per heavy atom. The third kappa shape index (κ3) is 8.34. The molecule has 2 N–H and O–H groups in total. The molecule has 212 valence electrons. The average Bonchev–Trinajstić information content (AvgIpc) is 3.00. The Morgan fingerprint density at radius 3 is 1.17 bits per heavy atom. The van der Waals surface area contributed by atoms with Gasteiger partial charge in [0.05, 0.1) is 0 Å². The van der Waals surface area contributed by atoms with E-state index in [1.54, 1.807) is 0 Å². The molecule has 0 aliphatic heterocycles. The predicted molar refractivity (Wildman–Crippen MR) is 173 cm³/mol. The summed E-state index contributed by atoms with van der Waals surface area (Å²) in [5, 5.41) is 20.5. The van der Waals surface area contributed by atoms with Gasteiger partial charge in [0.2, 0.25) is 13.4 Å². The van der Waals surface area contributed by atoms with Crippen molar-refractivity contribution < 1.29 is 14.9 Å². The summed E-state index contributed by atoms with van der Waals surface area (Å²) in [5.74, 6) is 1.50. The Morgan fingerprint density at radius 2 is 0.878 bits per heavy atom. The molecular weight excluding hydrogens is 506 g/mol. The molecule has 0 radical (unpaired) electrons. The van der Waals surface area contributed by atoms with E-state index < -0.39 is 0 Å². The fraction of sp³-hybridized carbons (Fsp3) is 0.294. The molecule has 4 rings (SSSR count). The summed E-state index contributed by atoms with van der Waals surface area (Å²) in [7, 11) is 8.34. The lowest BCUT2D eigenvalue weighted by Gasteiger charge is -2.27. The highest BCUT2D eigenvalue weighted by molar-refractivity contribution is 6.73. The van der Waals surface area contributed by atoms with Gasteiger partial charge in [-0.15, -0.1) is 0 Å². The van der Waals surface area contributed by atoms with E-state index in [0.29, 0.717) is 0 Å². The molecule has 0 saturated carbocycles. The van der Waals surface area contributed by atoms with Crippen molar-refractivity contribution in [1.82, 2.24) is 9.80 Å². The quantitative estimate of drug-likeness (QED) is 0.227. The zero-order valence-electron chi connectivity index (χ0n) is 24.7. The summed E-state index contributed by atoms with van der Waals surface area (Å²) >= 11 is 0. The summed E-state index contributed by atoms with van der Waals surface area (Å²) in [6.45, 7) is 0.217. The largest absolute Gasteiger partial charge is 0.457 e. The Bertz CT molecular complexity index is 1200. The van der Waals surface area contributed by atoms with Crippen LogP contribution in [0.4, 0.5) is 0 Å². The smallest absolute Gasteiger partial charge is 0.207 e. The third-order valence-corrected chi connectivity index (χ3v) is 8.01. The highest BCUT2D eigenvalue weighted by Crippen LogP contribution is 2.26. The highest BCUT2D eigenvalue weighted by atomic mass is 16.5. The Balaban J connectivity index is 1.40. The fourth-order valence-electron chi connectivity index (χ4n) is 5.56. The number of hydrogen-bond acceptors (Lipinski definition) is 5. The second-order valence-electron chi connectivity index (χ2n) is 11.3. The van der Waals surface area contributed by atoms with E-state index in [1.807, 2.05) is 36.4 Å². The summed E-state index contributed by atoms with van der Waals surface area (Å²) in [5.41, 5.74) is 4.69. The second kappa shape index (κ2) is 15.0. The van der Waals surface area contributed by atoms with Crippen LogP contribution < -0.4 is 15.7 Å². The van der Waals surface area contributed by atoms with Crippen LogP contribution in [-0.4, -0.2) is 74.6 Å². The van der Waals surface area contributed by atoms with Crippen molar-refractivity contribution in [1.29, 1.82) is 0 Å². The maximum Gasteiger partial charge on any atom is 0.207 e. The van der Waals surface area contributed by atoms with E-state index in [0.717, 1.165) is 35.1 Å². The van der Waals surface area contributed by atoms with Gasteiger partial charge in [-0.05, 0) is 76.2 Å². The summed E-state index contributed by atoms with van der Waals surface area (Å²) in [6, 6.07) is 37.4. The van der Waals surface area contributed by atoms with Crippen molar-refractivity contribution in [2.24, 2.45) is 0 Å². The number of benzene rings is 4. The summed E-state index contributed by atoms with van der Waals surface area (Å²) in [6.07, 6.45) is 1.64. The van der Waals surface area contributed by atoms with E-state index in [-0.39, 0.29) is 38.5 Å². The van der Waals surface area contributed by atoms with Crippen molar-refractivity contribution >= 4 is 24.4 Å². The average molecular weight is 548 g/mol. The van der Waals surface area contributed by atoms with Gasteiger partial charge in [-0.3, -0.25) is 0 Å². The van der Waals surface area contributed by atoms with Crippen LogP contribution >= 0.6 is 0 Å². The van der Waals surface area contributed by atoms with E-state index in [1.165, 1.54) is 11.1 Å². The van der Waals surface area contributed by atoms with Crippen LogP contribution in [0, 0.1) is 0 Å². The van der Waals surface area contributed by atoms with E-state index in [9.17, 15) is 10.2 Å². The molecule has 0 aliphatic carbocycles. The van der Waals surface area contributed by atoms with Crippen LogP contribution in [-0.2, 0) is 0 Å². The molecule has 2 unspecified atom stereocenters. The minimum absolute atomic E-state index is 0.0215. The van der Waals surface area contributed by atoms with E-state index in [2.05, 4.69) is 111 Å². The van der Waals surface area contributed by atoms with Crippen LogP contribution in [0.3, 0.4) is 0 Å². The van der Waals surface area contributed by atoms with Crippen LogP contribution in [0.15, 0.2) is 109 Å². The van der Waals surface area contributed by atoms with Crippen LogP contribution in [0.1, 0.15) is 23.2 Å². The standard InChI is InChI=1S/C34H42B2N2O3/c1-37(2)33(27-11-7-5-8-12-27)23-35(25-39)29-15-19-31(20-16-29)41-32-21-17-30(18-22-32)36(26-40)24-34(38(3)4)28-13-9-6-10-14-28/h5-22,33-34,39-40H,23-26H2,1-4H3. The first-order valence-electron chi connectivity index (χ1n) is 14.4. The molecule has 0 saturated heterocycles. The molecule has 0 heterocycles. The zero-order valence-corrected chi connectivity index (χ0v) is 24.7. The Hall–Kier alpha value is -3.35. The molecular formula is C34H42B2N2O3. The number of aliphatic hydroxyl groups excluding tert-OH is 2. The lowest BCUT2D eigenvalue weighted by atomic mass is 9.42. The van der Waals surface area contributed by atoms with Gasteiger partial charge in [-0.25, -0.2) is 0 Å². The predicted octanol–water partition coefficient (Wildman–Crippen LogP) is 4.55. The maximum absolute atomic E-state index is 10.2. The van der Waals surface area contributed by atoms with Gasteiger partial charge in [0.1, 0.15) is 11.5 Å². The van der Waals surface area contributed by atoms with Crippen molar-refractivity contribution in [3.63, 3.8) is 0 Å². The first-order valence-corrected chi connectivity index (χ1v) is 14.4. The molecule has 2 atom stereocenters. The molecule has 0 bridgehead atoms. The number of rotatable bonds is 14. The van der Waals surface area contributed by atoms with Gasteiger partial charge in [-0.1, -0.05) is 95.9 Å². The topological polar surface area (TPSA) is 56.2 Å². The molecule has 0 amide bonds. The van der Waals surface area contributed by atoms with Crippen LogP contribution in [0.5, 0.6) is 11.5 Å². The molecule has 4 aromatic carbocycles. The first-order chi connectivity index (χ1) is 19.9. The minimum atomic E-state index is 0.0215. The number of nitrogens with zero attached hydrogens (tertiary/aromatic N) is 2. The fourth-order valence-corrected chi connectivity index (χ4v) is 5.56. The number of ether oxygens (including phenoxy) is 1. The SMILES string of the molecule is CN(C)C(CB(CO)c1ccc(Oc2ccc(B(CO)CC(c3ccccc3)N(C)C)cc2)cc1)c1ccccc1. The lowest BCUT2D eigenvalue weighted by molar-refractivity contribution is 0.313. The zero-order chi connectivity index (χ0) is 29.2. The molecule has 0 spiro atoms. The van der Waals surface area contributed by atoms with Gasteiger partial charge in [-0.2, -0.15) is 0 Å². The molecule has 4 aromatic rings. The number of hydrogen-bond donors (Lipinski definition) is 2. The normalized spacial score (nSPS) is 12.8. The molecule has 7 heteroatoms. The van der Waals surface area contributed by atoms with Crippen molar-refractivity contribution in [2.75, 3.05) is 41.2 Å². The van der Waals surface area contributed by atoms with Gasteiger partial charge in [0.25, 0.3) is 0 Å². The molecule has 41 heavy (non-hydrogen) atoms. The lowest BCUT2D eigenvalue weighted by Crippen LogP contribution is -2.38. The third-order valence-electron chi connectivity index (χ3n) is 8.01. The minimum Gasteiger partial charge on any atom is -0.457 e. The molecule has 0 fully saturated rings. The van der Waals surface area contributed by atoms with Gasteiger partial charge in [0, 0.05) is 25.1 Å². The summed E-state index contributed by atoms with van der Waals surface area (Å²) < 4.78 is 6.15. The van der Waals surface area contributed by atoms with Crippen molar-refractivity contribution in [3.05, 3.63) is 120 Å². The van der Waals surface area contributed by atoms with Crippen LogP contribution in [0.25, 0.3) is 0 Å². The second-order valence-corrected chi connectivity index (χ2v) is 11.3. The van der Waals surface area contributed by atoms with Gasteiger partial charge >= 0.3 is 0 Å².